The van der Waals surface area contributed by atoms with Crippen molar-refractivity contribution in [3.05, 3.63) is 0 Å². The van der Waals surface area contributed by atoms with Crippen LogP contribution in [0.5, 0.6) is 0 Å². The highest BCUT2D eigenvalue weighted by atomic mass is 16.9. The van der Waals surface area contributed by atoms with Crippen molar-refractivity contribution >= 4 is 5.97 Å². The summed E-state index contributed by atoms with van der Waals surface area (Å²) in [4.78, 5) is 12.0. The average molecular weight is 266 g/mol. The van der Waals surface area contributed by atoms with Gasteiger partial charge in [0.25, 0.3) is 0 Å². The summed E-state index contributed by atoms with van der Waals surface area (Å²) in [5, 5.41) is 9.88. The normalized spacial score (nSPS) is 52.2. The molecule has 2 aliphatic carbocycles. The van der Waals surface area contributed by atoms with Crippen molar-refractivity contribution in [2.75, 3.05) is 0 Å². The standard InChI is InChI=1S/C15H22O4/c1-9-7-11-15(18-11)12(19-15)14(9,13(16)17)8-10-5-3-2-4-6-10/h9-12H,2-8H2,1H3,(H,16,17). The summed E-state index contributed by atoms with van der Waals surface area (Å²) in [5.74, 6) is -0.426. The Morgan fingerprint density at radius 1 is 1.26 bits per heavy atom. The highest BCUT2D eigenvalue weighted by Gasteiger charge is 2.86. The maximum atomic E-state index is 12.0. The number of carboxylic acid groups (broad SMARTS) is 1. The van der Waals surface area contributed by atoms with Crippen LogP contribution >= 0.6 is 0 Å². The van der Waals surface area contributed by atoms with Crippen molar-refractivity contribution in [2.45, 2.75) is 69.9 Å². The number of epoxide rings is 2. The van der Waals surface area contributed by atoms with Gasteiger partial charge in [0.05, 0.1) is 0 Å². The molecule has 0 radical (unpaired) electrons. The van der Waals surface area contributed by atoms with Gasteiger partial charge in [-0.05, 0) is 24.7 Å². The molecule has 4 aliphatic rings. The summed E-state index contributed by atoms with van der Waals surface area (Å²) in [6.07, 6.45) is 7.80. The van der Waals surface area contributed by atoms with E-state index in [1.165, 1.54) is 32.1 Å². The number of rotatable bonds is 3. The Kier molecular flexibility index (Phi) is 2.39. The van der Waals surface area contributed by atoms with E-state index in [9.17, 15) is 9.90 Å². The molecular formula is C15H22O4. The number of aliphatic carboxylic acids is 1. The van der Waals surface area contributed by atoms with Crippen LogP contribution in [0.4, 0.5) is 0 Å². The molecule has 2 aliphatic heterocycles. The quantitative estimate of drug-likeness (QED) is 0.797. The maximum Gasteiger partial charge on any atom is 0.312 e. The molecule has 2 heterocycles. The van der Waals surface area contributed by atoms with Crippen LogP contribution in [0.25, 0.3) is 0 Å². The molecule has 0 aromatic heterocycles. The summed E-state index contributed by atoms with van der Waals surface area (Å²) >= 11 is 0. The molecule has 2 saturated heterocycles. The van der Waals surface area contributed by atoms with E-state index in [1.54, 1.807) is 0 Å². The molecule has 4 heteroatoms. The summed E-state index contributed by atoms with van der Waals surface area (Å²) in [7, 11) is 0. The van der Waals surface area contributed by atoms with Crippen molar-refractivity contribution in [3.8, 4) is 0 Å². The lowest BCUT2D eigenvalue weighted by atomic mass is 9.61. The summed E-state index contributed by atoms with van der Waals surface area (Å²) < 4.78 is 11.3. The second-order valence-electron chi connectivity index (χ2n) is 7.02. The number of carbonyl (C=O) groups is 1. The molecule has 5 unspecified atom stereocenters. The molecule has 4 fully saturated rings. The van der Waals surface area contributed by atoms with Crippen LogP contribution < -0.4 is 0 Å². The van der Waals surface area contributed by atoms with E-state index in [1.807, 2.05) is 0 Å². The van der Waals surface area contributed by atoms with E-state index in [0.29, 0.717) is 5.92 Å². The van der Waals surface area contributed by atoms with Crippen LogP contribution in [0.15, 0.2) is 0 Å². The first-order valence-corrected chi connectivity index (χ1v) is 7.68. The fourth-order valence-electron chi connectivity index (χ4n) is 4.73. The molecule has 4 rings (SSSR count). The molecule has 2 saturated carbocycles. The summed E-state index contributed by atoms with van der Waals surface area (Å²) in [5.41, 5.74) is -0.699. The van der Waals surface area contributed by atoms with Crippen molar-refractivity contribution in [1.29, 1.82) is 0 Å². The first-order chi connectivity index (χ1) is 9.09. The molecular weight excluding hydrogens is 244 g/mol. The zero-order valence-corrected chi connectivity index (χ0v) is 11.4. The number of hydrogen-bond acceptors (Lipinski definition) is 3. The van der Waals surface area contributed by atoms with Gasteiger partial charge in [-0.2, -0.15) is 0 Å². The Balaban J connectivity index is 1.60. The molecule has 106 valence electrons. The molecule has 0 bridgehead atoms. The molecule has 0 aromatic carbocycles. The highest BCUT2D eigenvalue weighted by Crippen LogP contribution is 2.70. The zero-order chi connectivity index (χ0) is 13.3. The molecule has 1 spiro atoms. The molecule has 5 atom stereocenters. The number of hydrogen-bond donors (Lipinski definition) is 1. The van der Waals surface area contributed by atoms with Gasteiger partial charge < -0.3 is 14.6 Å². The minimum absolute atomic E-state index is 0.153. The van der Waals surface area contributed by atoms with Gasteiger partial charge in [0.2, 0.25) is 5.79 Å². The SMILES string of the molecule is CC1CC2OC23OC3C1(CC1CCCCC1)C(=O)O. The Labute approximate surface area is 113 Å². The van der Waals surface area contributed by atoms with Crippen LogP contribution in [0, 0.1) is 17.3 Å². The van der Waals surface area contributed by atoms with E-state index in [2.05, 4.69) is 6.92 Å². The van der Waals surface area contributed by atoms with E-state index in [4.69, 9.17) is 9.47 Å². The molecule has 0 amide bonds. The minimum atomic E-state index is -0.699. The van der Waals surface area contributed by atoms with Crippen molar-refractivity contribution in [3.63, 3.8) is 0 Å². The second-order valence-corrected chi connectivity index (χ2v) is 7.02. The predicted molar refractivity (Wildman–Crippen MR) is 67.5 cm³/mol. The smallest absolute Gasteiger partial charge is 0.312 e. The monoisotopic (exact) mass is 266 g/mol. The lowest BCUT2D eigenvalue weighted by Gasteiger charge is -2.39. The largest absolute Gasteiger partial charge is 0.481 e. The van der Waals surface area contributed by atoms with Crippen molar-refractivity contribution in [2.24, 2.45) is 17.3 Å². The van der Waals surface area contributed by atoms with Crippen LogP contribution in [0.1, 0.15) is 51.9 Å². The lowest BCUT2D eigenvalue weighted by molar-refractivity contribution is -0.156. The fourth-order valence-corrected chi connectivity index (χ4v) is 4.73. The third-order valence-corrected chi connectivity index (χ3v) is 5.99. The van der Waals surface area contributed by atoms with Gasteiger partial charge in [0, 0.05) is 0 Å². The molecule has 19 heavy (non-hydrogen) atoms. The van der Waals surface area contributed by atoms with E-state index in [-0.39, 0.29) is 18.1 Å². The summed E-state index contributed by atoms with van der Waals surface area (Å²) in [6, 6.07) is 0. The van der Waals surface area contributed by atoms with Gasteiger partial charge in [0.1, 0.15) is 17.6 Å². The van der Waals surface area contributed by atoms with Crippen molar-refractivity contribution < 1.29 is 19.4 Å². The van der Waals surface area contributed by atoms with E-state index in [0.717, 1.165) is 12.8 Å². The van der Waals surface area contributed by atoms with Crippen LogP contribution in [-0.2, 0) is 14.3 Å². The minimum Gasteiger partial charge on any atom is -0.481 e. The second kappa shape index (κ2) is 3.73. The van der Waals surface area contributed by atoms with Crippen LogP contribution in [0.2, 0.25) is 0 Å². The van der Waals surface area contributed by atoms with Crippen molar-refractivity contribution in [1.82, 2.24) is 0 Å². The molecule has 0 aromatic rings. The van der Waals surface area contributed by atoms with Crippen LogP contribution in [-0.4, -0.2) is 29.1 Å². The zero-order valence-electron chi connectivity index (χ0n) is 11.4. The van der Waals surface area contributed by atoms with E-state index < -0.39 is 17.2 Å². The van der Waals surface area contributed by atoms with E-state index >= 15 is 0 Å². The first-order valence-electron chi connectivity index (χ1n) is 7.68. The average Bonchev–Trinajstić information content (AvgIpc) is 3.26. The topological polar surface area (TPSA) is 62.4 Å². The third-order valence-electron chi connectivity index (χ3n) is 5.99. The van der Waals surface area contributed by atoms with Gasteiger partial charge in [0.15, 0.2) is 0 Å². The fraction of sp³-hybridized carbons (Fsp3) is 0.933. The Bertz CT molecular complexity index is 416. The van der Waals surface area contributed by atoms with Crippen LogP contribution in [0.3, 0.4) is 0 Å². The predicted octanol–water partition coefficient (Wildman–Crippen LogP) is 2.56. The van der Waals surface area contributed by atoms with Gasteiger partial charge in [-0.25, -0.2) is 0 Å². The lowest BCUT2D eigenvalue weighted by Crippen LogP contribution is -2.48. The summed E-state index contributed by atoms with van der Waals surface area (Å²) in [6.45, 7) is 2.07. The van der Waals surface area contributed by atoms with Gasteiger partial charge in [-0.15, -0.1) is 0 Å². The maximum absolute atomic E-state index is 12.0. The van der Waals surface area contributed by atoms with Gasteiger partial charge in [-0.3, -0.25) is 4.79 Å². The highest BCUT2D eigenvalue weighted by molar-refractivity contribution is 5.77. The molecule has 1 N–H and O–H groups in total. The van der Waals surface area contributed by atoms with Gasteiger partial charge in [-0.1, -0.05) is 39.0 Å². The molecule has 4 nitrogen and oxygen atoms in total. The number of carboxylic acids is 1. The Morgan fingerprint density at radius 3 is 2.68 bits per heavy atom. The first kappa shape index (κ1) is 12.2. The number of ether oxygens (including phenoxy) is 2. The Hall–Kier alpha value is -0.610. The van der Waals surface area contributed by atoms with Gasteiger partial charge >= 0.3 is 5.97 Å². The third kappa shape index (κ3) is 1.50. The Morgan fingerprint density at radius 2 is 2.00 bits per heavy atom.